The Kier molecular flexibility index (Phi) is 4.74. The van der Waals surface area contributed by atoms with E-state index < -0.39 is 27.9 Å². The fraction of sp³-hybridized carbons (Fsp3) is 0.211. The molecule has 1 N–H and O–H groups in total. The fourth-order valence-electron chi connectivity index (χ4n) is 3.20. The maximum atomic E-state index is 13.8. The largest absolute Gasteiger partial charge is 0.477 e. The smallest absolute Gasteiger partial charge is 0.341 e. The van der Waals surface area contributed by atoms with Gasteiger partial charge in [0.25, 0.3) is 0 Å². The predicted octanol–water partition coefficient (Wildman–Crippen LogP) is 2.71. The van der Waals surface area contributed by atoms with E-state index in [0.29, 0.717) is 18.9 Å². The van der Waals surface area contributed by atoms with Crippen LogP contribution in [-0.2, 0) is 4.74 Å². The van der Waals surface area contributed by atoms with Crippen LogP contribution in [0.15, 0.2) is 41.3 Å². The molecule has 3 heterocycles. The minimum absolute atomic E-state index is 0.0838. The number of fused-ring (bicyclic) bond motifs is 1. The van der Waals surface area contributed by atoms with Crippen LogP contribution >= 0.6 is 11.6 Å². The number of hydrogen-bond acceptors (Lipinski definition) is 5. The number of carboxylic acid groups (broad SMARTS) is 1. The first kappa shape index (κ1) is 18.4. The molecule has 2 aromatic heterocycles. The number of aromatic carboxylic acids is 1. The van der Waals surface area contributed by atoms with Gasteiger partial charge in [0.15, 0.2) is 11.0 Å². The molecule has 0 unspecified atom stereocenters. The Bertz CT molecular complexity index is 1120. The molecule has 0 amide bonds. The minimum atomic E-state index is -1.40. The summed E-state index contributed by atoms with van der Waals surface area (Å²) >= 11 is 5.79. The highest BCUT2D eigenvalue weighted by atomic mass is 35.5. The summed E-state index contributed by atoms with van der Waals surface area (Å²) in [6, 6.07) is 8.24. The highest BCUT2D eigenvalue weighted by molar-refractivity contribution is 6.29. The molecule has 0 aliphatic carbocycles. The topological polar surface area (TPSA) is 84.7 Å². The molecule has 0 spiro atoms. The van der Waals surface area contributed by atoms with E-state index in [4.69, 9.17) is 16.3 Å². The summed E-state index contributed by atoms with van der Waals surface area (Å²) in [6.07, 6.45) is 1.18. The number of carboxylic acids is 1. The van der Waals surface area contributed by atoms with Gasteiger partial charge in [-0.1, -0.05) is 11.6 Å². The molecule has 0 radical (unpaired) electrons. The van der Waals surface area contributed by atoms with Crippen molar-refractivity contribution in [3.63, 3.8) is 0 Å². The summed E-state index contributed by atoms with van der Waals surface area (Å²) in [5.41, 5.74) is 0.355. The van der Waals surface area contributed by atoms with Gasteiger partial charge in [-0.25, -0.2) is 14.2 Å². The van der Waals surface area contributed by atoms with Crippen molar-refractivity contribution in [1.29, 1.82) is 0 Å². The Labute approximate surface area is 163 Å². The van der Waals surface area contributed by atoms with E-state index in [1.54, 1.807) is 12.1 Å². The second-order valence-corrected chi connectivity index (χ2v) is 6.65. The Morgan fingerprint density at radius 1 is 1.18 bits per heavy atom. The normalized spacial score (nSPS) is 14.4. The molecule has 144 valence electrons. The van der Waals surface area contributed by atoms with Gasteiger partial charge in [0, 0.05) is 30.7 Å². The summed E-state index contributed by atoms with van der Waals surface area (Å²) in [7, 11) is 0. The lowest BCUT2D eigenvalue weighted by Crippen LogP contribution is -2.36. The highest BCUT2D eigenvalue weighted by Gasteiger charge is 2.19. The predicted molar refractivity (Wildman–Crippen MR) is 102 cm³/mol. The van der Waals surface area contributed by atoms with E-state index in [0.717, 1.165) is 24.8 Å². The molecule has 1 fully saturated rings. The van der Waals surface area contributed by atoms with Crippen LogP contribution < -0.4 is 10.3 Å². The van der Waals surface area contributed by atoms with Gasteiger partial charge in [0.05, 0.1) is 18.6 Å². The number of morpholine rings is 1. The van der Waals surface area contributed by atoms with Crippen LogP contribution in [0.2, 0.25) is 5.15 Å². The number of carbonyl (C=O) groups is 1. The summed E-state index contributed by atoms with van der Waals surface area (Å²) in [5, 5.41) is 8.81. The third-order valence-electron chi connectivity index (χ3n) is 4.62. The zero-order valence-electron chi connectivity index (χ0n) is 14.6. The summed E-state index contributed by atoms with van der Waals surface area (Å²) in [4.78, 5) is 30.0. The Morgan fingerprint density at radius 2 is 1.82 bits per heavy atom. The monoisotopic (exact) mass is 403 g/mol. The zero-order valence-corrected chi connectivity index (χ0v) is 15.3. The van der Waals surface area contributed by atoms with Crippen molar-refractivity contribution >= 4 is 34.3 Å². The number of hydrogen-bond donors (Lipinski definition) is 1. The molecular weight excluding hydrogens is 389 g/mol. The molecule has 9 heteroatoms. The quantitative estimate of drug-likeness (QED) is 0.677. The maximum Gasteiger partial charge on any atom is 0.341 e. The minimum Gasteiger partial charge on any atom is -0.477 e. The van der Waals surface area contributed by atoms with Gasteiger partial charge in [-0.15, -0.1) is 0 Å². The Hall–Kier alpha value is -2.97. The molecule has 28 heavy (non-hydrogen) atoms. The summed E-state index contributed by atoms with van der Waals surface area (Å²) < 4.78 is 20.6. The van der Waals surface area contributed by atoms with Crippen LogP contribution in [0.3, 0.4) is 0 Å². The van der Waals surface area contributed by atoms with Crippen LogP contribution in [0.1, 0.15) is 10.4 Å². The van der Waals surface area contributed by atoms with E-state index in [9.17, 15) is 19.1 Å². The SMILES string of the molecule is O=C(O)c1cn(-c2ccc(N3CCOCC3)cc2)c2nc(Cl)c(F)cc2c1=O. The average Bonchev–Trinajstić information content (AvgIpc) is 2.70. The third-order valence-corrected chi connectivity index (χ3v) is 4.89. The zero-order chi connectivity index (χ0) is 19.8. The fourth-order valence-corrected chi connectivity index (χ4v) is 3.33. The first-order valence-corrected chi connectivity index (χ1v) is 8.91. The lowest BCUT2D eigenvalue weighted by molar-refractivity contribution is 0.0695. The molecule has 3 aromatic rings. The first-order valence-electron chi connectivity index (χ1n) is 8.53. The maximum absolute atomic E-state index is 13.8. The molecule has 1 saturated heterocycles. The van der Waals surface area contributed by atoms with E-state index in [1.807, 2.05) is 12.1 Å². The third kappa shape index (κ3) is 3.21. The Balaban J connectivity index is 1.87. The molecule has 7 nitrogen and oxygen atoms in total. The van der Waals surface area contributed by atoms with Crippen molar-refractivity contribution in [2.75, 3.05) is 31.2 Å². The molecule has 0 saturated carbocycles. The van der Waals surface area contributed by atoms with Crippen LogP contribution in [-0.4, -0.2) is 46.9 Å². The van der Waals surface area contributed by atoms with Crippen LogP contribution in [0.25, 0.3) is 16.7 Å². The second kappa shape index (κ2) is 7.21. The van der Waals surface area contributed by atoms with E-state index in [-0.39, 0.29) is 11.0 Å². The van der Waals surface area contributed by atoms with Gasteiger partial charge in [-0.2, -0.15) is 0 Å². The van der Waals surface area contributed by atoms with Crippen LogP contribution in [0.4, 0.5) is 10.1 Å². The van der Waals surface area contributed by atoms with Crippen molar-refractivity contribution in [2.45, 2.75) is 0 Å². The van der Waals surface area contributed by atoms with Gasteiger partial charge >= 0.3 is 5.97 Å². The number of nitrogens with zero attached hydrogens (tertiary/aromatic N) is 3. The van der Waals surface area contributed by atoms with Crippen molar-refractivity contribution in [1.82, 2.24) is 9.55 Å². The standard InChI is InChI=1S/C19H15ClFN3O4/c20-17-15(21)9-13-16(25)14(19(26)27)10-24(18(13)22-17)12-3-1-11(2-4-12)23-5-7-28-8-6-23/h1-4,9-10H,5-8H2,(H,26,27). The lowest BCUT2D eigenvalue weighted by atomic mass is 10.1. The van der Waals surface area contributed by atoms with E-state index >= 15 is 0 Å². The summed E-state index contributed by atoms with van der Waals surface area (Å²) in [6.45, 7) is 2.86. The van der Waals surface area contributed by atoms with Crippen LogP contribution in [0, 0.1) is 5.82 Å². The molecular formula is C19H15ClFN3O4. The van der Waals surface area contributed by atoms with Crippen molar-refractivity contribution in [3.8, 4) is 5.69 Å². The highest BCUT2D eigenvalue weighted by Crippen LogP contribution is 2.23. The van der Waals surface area contributed by atoms with Crippen LogP contribution in [0.5, 0.6) is 0 Å². The van der Waals surface area contributed by atoms with Gasteiger partial charge in [-0.3, -0.25) is 4.79 Å². The van der Waals surface area contributed by atoms with Gasteiger partial charge in [0.2, 0.25) is 5.43 Å². The Morgan fingerprint density at radius 3 is 2.46 bits per heavy atom. The molecule has 1 aliphatic heterocycles. The number of pyridine rings is 2. The van der Waals surface area contributed by atoms with Gasteiger partial charge in [-0.05, 0) is 30.3 Å². The van der Waals surface area contributed by atoms with E-state index in [2.05, 4.69) is 9.88 Å². The van der Waals surface area contributed by atoms with Crippen molar-refractivity contribution < 1.29 is 19.0 Å². The molecule has 1 aromatic carbocycles. The summed E-state index contributed by atoms with van der Waals surface area (Å²) in [5.74, 6) is -2.29. The number of ether oxygens (including phenoxy) is 1. The molecule has 4 rings (SSSR count). The first-order chi connectivity index (χ1) is 13.5. The molecule has 0 atom stereocenters. The number of rotatable bonds is 3. The molecule has 1 aliphatic rings. The lowest BCUT2D eigenvalue weighted by Gasteiger charge is -2.29. The van der Waals surface area contributed by atoms with Crippen molar-refractivity contribution in [3.05, 3.63) is 63.3 Å². The number of aromatic nitrogens is 2. The van der Waals surface area contributed by atoms with Crippen molar-refractivity contribution in [2.24, 2.45) is 0 Å². The van der Waals surface area contributed by atoms with E-state index in [1.165, 1.54) is 10.8 Å². The number of halogens is 2. The van der Waals surface area contributed by atoms with Gasteiger partial charge < -0.3 is 19.3 Å². The second-order valence-electron chi connectivity index (χ2n) is 6.30. The average molecular weight is 404 g/mol. The number of benzene rings is 1. The molecule has 0 bridgehead atoms. The van der Waals surface area contributed by atoms with Gasteiger partial charge in [0.1, 0.15) is 11.2 Å². The number of anilines is 1.